The quantitative estimate of drug-likeness (QED) is 0.870. The van der Waals surface area contributed by atoms with E-state index in [2.05, 4.69) is 57.3 Å². The van der Waals surface area contributed by atoms with E-state index in [0.717, 1.165) is 25.1 Å². The number of benzene rings is 1. The van der Waals surface area contributed by atoms with E-state index in [1.807, 2.05) is 0 Å². The van der Waals surface area contributed by atoms with Gasteiger partial charge in [-0.1, -0.05) is 39.8 Å². The number of nitrogens with one attached hydrogen (secondary N) is 1. The van der Waals surface area contributed by atoms with E-state index < -0.39 is 0 Å². The van der Waals surface area contributed by atoms with Crippen LogP contribution in [0.2, 0.25) is 0 Å². The SMILES string of the molecule is CCNC1C(Oc2ccc(CC)cc2)CCCC1(C)C. The van der Waals surface area contributed by atoms with Crippen LogP contribution in [0.15, 0.2) is 24.3 Å². The summed E-state index contributed by atoms with van der Waals surface area (Å²) in [6.07, 6.45) is 5.05. The molecule has 2 atom stereocenters. The van der Waals surface area contributed by atoms with Crippen molar-refractivity contribution in [2.45, 2.75) is 65.5 Å². The number of rotatable bonds is 5. The topological polar surface area (TPSA) is 21.3 Å². The molecule has 2 heteroatoms. The Morgan fingerprint density at radius 2 is 1.90 bits per heavy atom. The Labute approximate surface area is 123 Å². The normalized spacial score (nSPS) is 25.4. The Morgan fingerprint density at radius 3 is 2.50 bits per heavy atom. The van der Waals surface area contributed by atoms with E-state index in [1.54, 1.807) is 0 Å². The van der Waals surface area contributed by atoms with E-state index in [4.69, 9.17) is 4.74 Å². The zero-order valence-corrected chi connectivity index (χ0v) is 13.4. The van der Waals surface area contributed by atoms with Crippen LogP contribution in [0.4, 0.5) is 0 Å². The molecule has 2 rings (SSSR count). The molecule has 112 valence electrons. The van der Waals surface area contributed by atoms with Gasteiger partial charge in [0.15, 0.2) is 0 Å². The van der Waals surface area contributed by atoms with Gasteiger partial charge in [0, 0.05) is 6.04 Å². The summed E-state index contributed by atoms with van der Waals surface area (Å²) in [5.74, 6) is 1.01. The number of hydrogen-bond acceptors (Lipinski definition) is 2. The van der Waals surface area contributed by atoms with Crippen molar-refractivity contribution in [3.63, 3.8) is 0 Å². The highest BCUT2D eigenvalue weighted by atomic mass is 16.5. The summed E-state index contributed by atoms with van der Waals surface area (Å²) in [7, 11) is 0. The number of hydrogen-bond donors (Lipinski definition) is 1. The number of aryl methyl sites for hydroxylation is 1. The molecule has 0 saturated heterocycles. The van der Waals surface area contributed by atoms with Crippen molar-refractivity contribution in [3.8, 4) is 5.75 Å². The molecule has 0 spiro atoms. The fourth-order valence-electron chi connectivity index (χ4n) is 3.32. The smallest absolute Gasteiger partial charge is 0.119 e. The van der Waals surface area contributed by atoms with Crippen LogP contribution in [-0.4, -0.2) is 18.7 Å². The van der Waals surface area contributed by atoms with Gasteiger partial charge in [0.25, 0.3) is 0 Å². The van der Waals surface area contributed by atoms with Gasteiger partial charge in [0.2, 0.25) is 0 Å². The van der Waals surface area contributed by atoms with Crippen LogP contribution >= 0.6 is 0 Å². The molecule has 2 nitrogen and oxygen atoms in total. The van der Waals surface area contributed by atoms with Crippen LogP contribution in [-0.2, 0) is 6.42 Å². The Morgan fingerprint density at radius 1 is 1.20 bits per heavy atom. The van der Waals surface area contributed by atoms with Crippen molar-refractivity contribution >= 4 is 0 Å². The van der Waals surface area contributed by atoms with E-state index in [9.17, 15) is 0 Å². The maximum absolute atomic E-state index is 6.29. The van der Waals surface area contributed by atoms with Gasteiger partial charge in [-0.15, -0.1) is 0 Å². The van der Waals surface area contributed by atoms with E-state index >= 15 is 0 Å². The van der Waals surface area contributed by atoms with E-state index in [-0.39, 0.29) is 6.10 Å². The van der Waals surface area contributed by atoms with E-state index in [0.29, 0.717) is 11.5 Å². The average Bonchev–Trinajstić information content (AvgIpc) is 2.43. The van der Waals surface area contributed by atoms with Crippen LogP contribution in [0.1, 0.15) is 52.5 Å². The van der Waals surface area contributed by atoms with Gasteiger partial charge in [-0.05, 0) is 55.3 Å². The molecule has 1 aromatic rings. The molecule has 1 fully saturated rings. The molecule has 0 bridgehead atoms. The summed E-state index contributed by atoms with van der Waals surface area (Å²) in [4.78, 5) is 0. The second-order valence-electron chi connectivity index (χ2n) is 6.57. The molecule has 0 radical (unpaired) electrons. The summed E-state index contributed by atoms with van der Waals surface area (Å²) < 4.78 is 6.29. The van der Waals surface area contributed by atoms with Gasteiger partial charge in [-0.25, -0.2) is 0 Å². The Hall–Kier alpha value is -1.02. The zero-order valence-electron chi connectivity index (χ0n) is 13.4. The first-order chi connectivity index (χ1) is 9.56. The molecule has 0 heterocycles. The maximum atomic E-state index is 6.29. The molecule has 1 aliphatic carbocycles. The summed E-state index contributed by atoms with van der Waals surface area (Å²) in [5, 5.41) is 3.64. The molecule has 0 aromatic heterocycles. The first-order valence-corrected chi connectivity index (χ1v) is 8.05. The average molecular weight is 275 g/mol. The Kier molecular flexibility index (Phi) is 5.09. The first-order valence-electron chi connectivity index (χ1n) is 8.05. The highest BCUT2D eigenvalue weighted by molar-refractivity contribution is 5.27. The third-order valence-corrected chi connectivity index (χ3v) is 4.57. The third kappa shape index (κ3) is 3.54. The lowest BCUT2D eigenvalue weighted by atomic mass is 9.71. The fraction of sp³-hybridized carbons (Fsp3) is 0.667. The predicted octanol–water partition coefficient (Wildman–Crippen LogP) is 4.18. The van der Waals surface area contributed by atoms with Crippen LogP contribution in [0.25, 0.3) is 0 Å². The van der Waals surface area contributed by atoms with Gasteiger partial charge in [-0.3, -0.25) is 0 Å². The molecule has 1 aliphatic rings. The van der Waals surface area contributed by atoms with Gasteiger partial charge in [0.1, 0.15) is 11.9 Å². The first kappa shape index (κ1) is 15.4. The van der Waals surface area contributed by atoms with Crippen molar-refractivity contribution in [1.82, 2.24) is 5.32 Å². The Balaban J connectivity index is 2.08. The summed E-state index contributed by atoms with van der Waals surface area (Å²) in [5.41, 5.74) is 1.67. The molecule has 0 amide bonds. The lowest BCUT2D eigenvalue weighted by Gasteiger charge is -2.44. The minimum absolute atomic E-state index is 0.283. The van der Waals surface area contributed by atoms with Crippen molar-refractivity contribution in [3.05, 3.63) is 29.8 Å². The van der Waals surface area contributed by atoms with Crippen molar-refractivity contribution in [2.75, 3.05) is 6.54 Å². The molecule has 1 saturated carbocycles. The summed E-state index contributed by atoms with van der Waals surface area (Å²) in [6, 6.07) is 9.01. The number of likely N-dealkylation sites (N-methyl/N-ethyl adjacent to an activating group) is 1. The summed E-state index contributed by atoms with van der Waals surface area (Å²) in [6.45, 7) is 10.1. The standard InChI is InChI=1S/C18H29NO/c1-5-14-9-11-15(12-10-14)20-16-8-7-13-18(3,4)17(16)19-6-2/h9-12,16-17,19H,5-8,13H2,1-4H3. The second-order valence-corrected chi connectivity index (χ2v) is 6.57. The zero-order chi connectivity index (χ0) is 14.6. The molecule has 1 aromatic carbocycles. The molecule has 0 aliphatic heterocycles. The molecular weight excluding hydrogens is 246 g/mol. The van der Waals surface area contributed by atoms with Crippen molar-refractivity contribution in [2.24, 2.45) is 5.41 Å². The lowest BCUT2D eigenvalue weighted by molar-refractivity contribution is 0.0372. The molecule has 2 unspecified atom stereocenters. The molecule has 1 N–H and O–H groups in total. The molecule has 20 heavy (non-hydrogen) atoms. The van der Waals surface area contributed by atoms with E-state index in [1.165, 1.54) is 18.4 Å². The highest BCUT2D eigenvalue weighted by Gasteiger charge is 2.39. The maximum Gasteiger partial charge on any atom is 0.119 e. The predicted molar refractivity (Wildman–Crippen MR) is 85.3 cm³/mol. The summed E-state index contributed by atoms with van der Waals surface area (Å²) >= 11 is 0. The van der Waals surface area contributed by atoms with Gasteiger partial charge in [0.05, 0.1) is 0 Å². The lowest BCUT2D eigenvalue weighted by Crippen LogP contribution is -2.54. The van der Waals surface area contributed by atoms with Gasteiger partial charge < -0.3 is 10.1 Å². The van der Waals surface area contributed by atoms with Crippen molar-refractivity contribution in [1.29, 1.82) is 0 Å². The third-order valence-electron chi connectivity index (χ3n) is 4.57. The fourth-order valence-corrected chi connectivity index (χ4v) is 3.32. The monoisotopic (exact) mass is 275 g/mol. The highest BCUT2D eigenvalue weighted by Crippen LogP contribution is 2.37. The van der Waals surface area contributed by atoms with Crippen LogP contribution in [0, 0.1) is 5.41 Å². The Bertz CT molecular complexity index is 410. The van der Waals surface area contributed by atoms with Gasteiger partial charge in [-0.2, -0.15) is 0 Å². The van der Waals surface area contributed by atoms with Crippen LogP contribution in [0.3, 0.4) is 0 Å². The minimum Gasteiger partial charge on any atom is -0.489 e. The minimum atomic E-state index is 0.283. The van der Waals surface area contributed by atoms with Crippen LogP contribution < -0.4 is 10.1 Å². The number of ether oxygens (including phenoxy) is 1. The largest absolute Gasteiger partial charge is 0.489 e. The molecular formula is C18H29NO. The second kappa shape index (κ2) is 6.62. The van der Waals surface area contributed by atoms with Crippen molar-refractivity contribution < 1.29 is 4.74 Å². The van der Waals surface area contributed by atoms with Gasteiger partial charge >= 0.3 is 0 Å². The van der Waals surface area contributed by atoms with Crippen LogP contribution in [0.5, 0.6) is 5.75 Å².